The maximum absolute atomic E-state index is 9.83. The minimum absolute atomic E-state index is 0. The topological polar surface area (TPSA) is 66.9 Å². The Morgan fingerprint density at radius 1 is 1.56 bits per heavy atom. The predicted octanol–water partition coefficient (Wildman–Crippen LogP) is -1.75. The number of carbonyl (C=O) groups is 1. The van der Waals surface area contributed by atoms with Crippen molar-refractivity contribution in [3.05, 3.63) is 12.2 Å². The van der Waals surface area contributed by atoms with Crippen LogP contribution in [-0.2, 0) is 4.79 Å². The second-order valence-electron chi connectivity index (χ2n) is 0.955. The number of nitriles is 1. The van der Waals surface area contributed by atoms with Crippen molar-refractivity contribution in [1.29, 1.82) is 5.26 Å². The van der Waals surface area contributed by atoms with Gasteiger partial charge in [-0.1, -0.05) is 6.58 Å². The molecule has 5 heteroatoms. The van der Waals surface area contributed by atoms with Gasteiger partial charge in [0.25, 0.3) is 5.91 Å². The van der Waals surface area contributed by atoms with Crippen LogP contribution in [0.3, 0.4) is 0 Å². The Kier molecular flexibility index (Phi) is 15.8. The van der Waals surface area contributed by atoms with Gasteiger partial charge in [0.1, 0.15) is 11.6 Å². The maximum atomic E-state index is 9.83. The van der Waals surface area contributed by atoms with E-state index in [1.54, 1.807) is 0 Å². The van der Waals surface area contributed by atoms with E-state index in [-0.39, 0.29) is 64.7 Å². The summed E-state index contributed by atoms with van der Waals surface area (Å²) < 4.78 is 0. The van der Waals surface area contributed by atoms with Gasteiger partial charge >= 0.3 is 59.1 Å². The third-order valence-corrected chi connectivity index (χ3v) is 0.432. The second-order valence-corrected chi connectivity index (χ2v) is 0.955. The Labute approximate surface area is 97.9 Å². The van der Waals surface area contributed by atoms with Crippen molar-refractivity contribution in [3.63, 3.8) is 0 Å². The number of hydrogen-bond acceptors (Lipinski definition) is 2. The summed E-state index contributed by atoms with van der Waals surface area (Å²) in [4.78, 5) is 9.83. The third kappa shape index (κ3) is 8.70. The van der Waals surface area contributed by atoms with E-state index in [2.05, 4.69) is 12.3 Å². The van der Waals surface area contributed by atoms with Crippen LogP contribution in [0.1, 0.15) is 0 Å². The molecule has 0 bridgehead atoms. The van der Waals surface area contributed by atoms with Gasteiger partial charge in [-0.2, -0.15) is 5.26 Å². The fourth-order valence-corrected chi connectivity index (χ4v) is 0.0551. The van der Waals surface area contributed by atoms with E-state index in [4.69, 9.17) is 5.26 Å². The van der Waals surface area contributed by atoms with Crippen LogP contribution in [0.5, 0.6) is 0 Å². The van der Waals surface area contributed by atoms with E-state index < -0.39 is 5.91 Å². The molecule has 0 aromatic carbocycles. The zero-order chi connectivity index (χ0) is 5.86. The number of rotatable bonds is 1. The minimum atomic E-state index is -0.762. The van der Waals surface area contributed by atoms with Crippen molar-refractivity contribution in [3.8, 4) is 6.07 Å². The number of nitrogens with two attached hydrogens (primary N) is 1. The van der Waals surface area contributed by atoms with Crippen LogP contribution in [0.4, 0.5) is 0 Å². The molecule has 0 aliphatic heterocycles. The predicted molar refractivity (Wildman–Crippen MR) is 38.2 cm³/mol. The molecule has 0 unspecified atom stereocenters. The molecule has 3 nitrogen and oxygen atoms in total. The van der Waals surface area contributed by atoms with Crippen LogP contribution in [0, 0.1) is 11.3 Å². The van der Waals surface area contributed by atoms with E-state index in [1.807, 2.05) is 0 Å². The van der Waals surface area contributed by atoms with Gasteiger partial charge in [0.15, 0.2) is 0 Å². The standard InChI is InChI=1S/C4H4N2O.2Na.2H/c1-3(2-5)4(6)7;;;;/h1H2,(H2,6,7);;;;. The van der Waals surface area contributed by atoms with Crippen LogP contribution in [0.2, 0.25) is 0 Å². The van der Waals surface area contributed by atoms with Crippen molar-refractivity contribution in [2.75, 3.05) is 0 Å². The number of primary amides is 1. The first-order valence-corrected chi connectivity index (χ1v) is 1.57. The molecule has 0 spiro atoms. The Hall–Kier alpha value is 0.700. The van der Waals surface area contributed by atoms with Crippen molar-refractivity contribution < 1.29 is 4.79 Å². The molecule has 9 heavy (non-hydrogen) atoms. The molecular weight excluding hydrogens is 138 g/mol. The Bertz CT molecular complexity index is 149. The molecule has 0 radical (unpaired) electrons. The van der Waals surface area contributed by atoms with Crippen LogP contribution in [0.25, 0.3) is 0 Å². The van der Waals surface area contributed by atoms with E-state index in [1.165, 1.54) is 6.07 Å². The Morgan fingerprint density at radius 3 is 1.89 bits per heavy atom. The van der Waals surface area contributed by atoms with Gasteiger partial charge in [-0.05, 0) is 0 Å². The molecule has 1 amide bonds. The first-order chi connectivity index (χ1) is 3.18. The van der Waals surface area contributed by atoms with E-state index in [0.29, 0.717) is 0 Å². The fraction of sp³-hybridized carbons (Fsp3) is 0. The zero-order valence-corrected chi connectivity index (χ0v) is 3.64. The zero-order valence-electron chi connectivity index (χ0n) is 3.64. The molecule has 0 aromatic rings. The average molecular weight is 144 g/mol. The molecule has 0 atom stereocenters. The van der Waals surface area contributed by atoms with Crippen LogP contribution in [0.15, 0.2) is 12.2 Å². The summed E-state index contributed by atoms with van der Waals surface area (Å²) in [6.45, 7) is 3.04. The van der Waals surface area contributed by atoms with Crippen LogP contribution < -0.4 is 5.73 Å². The summed E-state index contributed by atoms with van der Waals surface area (Å²) in [7, 11) is 0. The summed E-state index contributed by atoms with van der Waals surface area (Å²) in [5, 5.41) is 7.85. The quantitative estimate of drug-likeness (QED) is 0.269. The fourth-order valence-electron chi connectivity index (χ4n) is 0.0551. The van der Waals surface area contributed by atoms with Crippen LogP contribution >= 0.6 is 0 Å². The van der Waals surface area contributed by atoms with Crippen molar-refractivity contribution >= 4 is 65.0 Å². The van der Waals surface area contributed by atoms with Gasteiger partial charge in [-0.3, -0.25) is 4.79 Å². The van der Waals surface area contributed by atoms with Crippen LogP contribution in [-0.4, -0.2) is 65.0 Å². The van der Waals surface area contributed by atoms with E-state index in [9.17, 15) is 4.79 Å². The first-order valence-electron chi connectivity index (χ1n) is 1.57. The summed E-state index contributed by atoms with van der Waals surface area (Å²) in [6, 6.07) is 1.50. The summed E-state index contributed by atoms with van der Waals surface area (Å²) >= 11 is 0. The number of amides is 1. The molecule has 0 saturated carbocycles. The monoisotopic (exact) mass is 144 g/mol. The third-order valence-electron chi connectivity index (χ3n) is 0.432. The molecule has 40 valence electrons. The van der Waals surface area contributed by atoms with Gasteiger partial charge < -0.3 is 5.73 Å². The molecule has 0 rings (SSSR count). The second kappa shape index (κ2) is 8.70. The molecule has 2 N–H and O–H groups in total. The van der Waals surface area contributed by atoms with Gasteiger partial charge in [0.05, 0.1) is 0 Å². The first kappa shape index (κ1) is 16.4. The molecule has 0 aliphatic carbocycles. The van der Waals surface area contributed by atoms with Crippen molar-refractivity contribution in [2.24, 2.45) is 5.73 Å². The van der Waals surface area contributed by atoms with Gasteiger partial charge in [-0.15, -0.1) is 0 Å². The molecule has 0 saturated heterocycles. The SMILES string of the molecule is C=C(C#N)C(N)=O.[NaH].[NaH]. The van der Waals surface area contributed by atoms with Crippen molar-refractivity contribution in [1.82, 2.24) is 0 Å². The Balaban J connectivity index is -0.000000180. The number of carbonyl (C=O) groups excluding carboxylic acids is 1. The number of hydrogen-bond donors (Lipinski definition) is 1. The van der Waals surface area contributed by atoms with E-state index >= 15 is 0 Å². The Morgan fingerprint density at radius 2 is 1.89 bits per heavy atom. The molecule has 0 aromatic heterocycles. The molecule has 0 aliphatic rings. The molecule has 0 fully saturated rings. The summed E-state index contributed by atoms with van der Waals surface area (Å²) in [5.74, 6) is -0.762. The summed E-state index contributed by atoms with van der Waals surface area (Å²) in [6.07, 6.45) is 0. The summed E-state index contributed by atoms with van der Waals surface area (Å²) in [5.41, 5.74) is 4.38. The number of nitrogens with zero attached hydrogens (tertiary/aromatic N) is 1. The van der Waals surface area contributed by atoms with E-state index in [0.717, 1.165) is 0 Å². The van der Waals surface area contributed by atoms with Gasteiger partial charge in [0, 0.05) is 0 Å². The van der Waals surface area contributed by atoms with Gasteiger partial charge in [-0.25, -0.2) is 0 Å². The van der Waals surface area contributed by atoms with Crippen molar-refractivity contribution in [2.45, 2.75) is 0 Å². The molecule has 0 heterocycles. The van der Waals surface area contributed by atoms with Gasteiger partial charge in [0.2, 0.25) is 0 Å². The normalized spacial score (nSPS) is 5.22. The average Bonchev–Trinajstić information content (AvgIpc) is 1.65. The molecular formula is C4H6N2Na2O.